The zero-order valence-electron chi connectivity index (χ0n) is 26.4. The molecule has 0 saturated heterocycles. The number of Topliss-reactive ketones (excluding diaryl/α,β-unsaturated/α-hetero) is 2. The van der Waals surface area contributed by atoms with Crippen LogP contribution in [0.5, 0.6) is 0 Å². The number of aliphatic hydroxyl groups is 4. The molecule has 0 bridgehead atoms. The number of carbonyl (C=O) groups is 5. The van der Waals surface area contributed by atoms with E-state index in [2.05, 4.69) is 6.58 Å². The summed E-state index contributed by atoms with van der Waals surface area (Å²) in [7, 11) is 0. The van der Waals surface area contributed by atoms with Crippen molar-refractivity contribution in [3.8, 4) is 0 Å². The summed E-state index contributed by atoms with van der Waals surface area (Å²) in [6.07, 6.45) is 1.29. The summed E-state index contributed by atoms with van der Waals surface area (Å²) >= 11 is 0. The number of ketones is 2. The molecule has 2 rings (SSSR count). The lowest BCUT2D eigenvalue weighted by molar-refractivity contribution is -0.170. The molecule has 0 spiro atoms. The van der Waals surface area contributed by atoms with E-state index in [0.717, 1.165) is 17.6 Å². The second-order valence-corrected chi connectivity index (χ2v) is 12.9. The highest BCUT2D eigenvalue weighted by atomic mass is 16.4. The van der Waals surface area contributed by atoms with Crippen LogP contribution in [-0.2, 0) is 24.0 Å². The van der Waals surface area contributed by atoms with Gasteiger partial charge >= 0.3 is 17.9 Å². The predicted octanol–water partition coefficient (Wildman–Crippen LogP) is 4.28. The smallest absolute Gasteiger partial charge is 0.336 e. The van der Waals surface area contributed by atoms with Crippen LogP contribution in [0.4, 0.5) is 0 Å². The van der Waals surface area contributed by atoms with Gasteiger partial charge < -0.3 is 35.7 Å². The van der Waals surface area contributed by atoms with Crippen molar-refractivity contribution < 1.29 is 59.7 Å². The van der Waals surface area contributed by atoms with Gasteiger partial charge in [-0.15, -0.1) is 0 Å². The van der Waals surface area contributed by atoms with E-state index < -0.39 is 70.6 Å². The standard InChI is InChI=1S/C26H38O5.C6H8O7/c1-14(2)9-11-25(7)23(29)18(22(28)20(24(25)30)21(27)16(5)6)13-19-17(15(3)4)10-12-26(19,8)31;7-3(8)1-6(13,5(11)12)2-4(9)10/h9,16-17,19,28-29,31H,3,10-13H2,1-2,4-8H3;13H,1-2H2,(H,7,8)(H,9,10)(H,11,12)/t17-,19-,25?,26+;/m1./s1. The lowest BCUT2D eigenvalue weighted by atomic mass is 9.67. The molecule has 2 aliphatic carbocycles. The molecule has 1 fully saturated rings. The van der Waals surface area contributed by atoms with Gasteiger partial charge in [0.15, 0.2) is 17.2 Å². The van der Waals surface area contributed by atoms with Crippen molar-refractivity contribution >= 4 is 29.5 Å². The Hall–Kier alpha value is -3.77. The van der Waals surface area contributed by atoms with E-state index in [1.54, 1.807) is 27.7 Å². The topological polar surface area (TPSA) is 227 Å². The Bertz CT molecular complexity index is 1280. The lowest BCUT2D eigenvalue weighted by Crippen LogP contribution is -2.42. The van der Waals surface area contributed by atoms with Crippen molar-refractivity contribution in [2.75, 3.05) is 0 Å². The highest BCUT2D eigenvalue weighted by Crippen LogP contribution is 2.50. The molecule has 0 amide bonds. The summed E-state index contributed by atoms with van der Waals surface area (Å²) in [5.74, 6) is -7.42. The van der Waals surface area contributed by atoms with Crippen molar-refractivity contribution in [3.63, 3.8) is 0 Å². The number of hydrogen-bond acceptors (Lipinski definition) is 9. The van der Waals surface area contributed by atoms with Crippen LogP contribution in [-0.4, -0.2) is 76.4 Å². The number of aliphatic hydroxyl groups excluding tert-OH is 2. The van der Waals surface area contributed by atoms with Gasteiger partial charge in [-0.1, -0.05) is 37.6 Å². The van der Waals surface area contributed by atoms with E-state index in [1.165, 1.54) is 0 Å². The highest BCUT2D eigenvalue weighted by Gasteiger charge is 2.51. The molecule has 0 aromatic heterocycles. The first-order chi connectivity index (χ1) is 19.9. The number of hydrogen-bond donors (Lipinski definition) is 7. The average molecular weight is 623 g/mol. The number of carboxylic acid groups (broad SMARTS) is 3. The molecule has 7 N–H and O–H groups in total. The van der Waals surface area contributed by atoms with Crippen molar-refractivity contribution in [2.24, 2.45) is 23.2 Å². The van der Waals surface area contributed by atoms with E-state index in [4.69, 9.17) is 20.4 Å². The third-order valence-corrected chi connectivity index (χ3v) is 8.34. The zero-order valence-corrected chi connectivity index (χ0v) is 26.4. The Morgan fingerprint density at radius 2 is 1.52 bits per heavy atom. The van der Waals surface area contributed by atoms with Gasteiger partial charge in [0.25, 0.3) is 0 Å². The predicted molar refractivity (Wildman–Crippen MR) is 160 cm³/mol. The monoisotopic (exact) mass is 622 g/mol. The zero-order chi connectivity index (χ0) is 34.5. The van der Waals surface area contributed by atoms with Crippen molar-refractivity contribution in [1.82, 2.24) is 0 Å². The Balaban J connectivity index is 0.000000627. The number of carboxylic acids is 3. The first-order valence-electron chi connectivity index (χ1n) is 14.3. The maximum absolute atomic E-state index is 13.4. The third-order valence-electron chi connectivity index (χ3n) is 8.34. The summed E-state index contributed by atoms with van der Waals surface area (Å²) in [5, 5.41) is 67.1. The first-order valence-corrected chi connectivity index (χ1v) is 14.3. The molecule has 12 heteroatoms. The van der Waals surface area contributed by atoms with Gasteiger partial charge in [-0.05, 0) is 72.1 Å². The fourth-order valence-corrected chi connectivity index (χ4v) is 5.55. The van der Waals surface area contributed by atoms with Gasteiger partial charge in [-0.3, -0.25) is 19.2 Å². The van der Waals surface area contributed by atoms with Gasteiger partial charge in [-0.2, -0.15) is 0 Å². The molecule has 0 radical (unpaired) electrons. The number of carbonyl (C=O) groups excluding carboxylic acids is 2. The fraction of sp³-hybridized carbons (Fsp3) is 0.594. The Kier molecular flexibility index (Phi) is 12.5. The molecule has 1 saturated carbocycles. The summed E-state index contributed by atoms with van der Waals surface area (Å²) in [6, 6.07) is 0. The van der Waals surface area contributed by atoms with Crippen LogP contribution in [0, 0.1) is 23.2 Å². The van der Waals surface area contributed by atoms with E-state index in [-0.39, 0.29) is 41.6 Å². The molecule has 4 atom stereocenters. The third kappa shape index (κ3) is 8.66. The van der Waals surface area contributed by atoms with Gasteiger partial charge in [-0.25, -0.2) is 4.79 Å². The van der Waals surface area contributed by atoms with Crippen molar-refractivity contribution in [1.29, 1.82) is 0 Å². The molecule has 0 aliphatic heterocycles. The Labute approximate surface area is 257 Å². The molecule has 1 unspecified atom stereocenters. The second-order valence-electron chi connectivity index (χ2n) is 12.9. The first kappa shape index (κ1) is 38.3. The maximum atomic E-state index is 13.4. The SMILES string of the molecule is C=C(C)[C@H]1CC[C@](C)(O)[C@@H]1CC1=C(O)C(C)(CC=C(C)C)C(=O)C(C(=O)C(C)C)=C1O.O=C(O)CC(O)(CC(=O)O)C(=O)O. The van der Waals surface area contributed by atoms with E-state index in [9.17, 15) is 39.3 Å². The van der Waals surface area contributed by atoms with Crippen molar-refractivity contribution in [3.05, 3.63) is 46.5 Å². The average Bonchev–Trinajstić information content (AvgIpc) is 3.17. The van der Waals surface area contributed by atoms with Crippen molar-refractivity contribution in [2.45, 2.75) is 98.2 Å². The summed E-state index contributed by atoms with van der Waals surface area (Å²) < 4.78 is 0. The van der Waals surface area contributed by atoms with Crippen LogP contribution in [0.1, 0.15) is 87.0 Å². The Morgan fingerprint density at radius 1 is 1.02 bits per heavy atom. The molecule has 246 valence electrons. The Morgan fingerprint density at radius 3 is 1.91 bits per heavy atom. The molecule has 44 heavy (non-hydrogen) atoms. The van der Waals surface area contributed by atoms with Crippen LogP contribution in [0.15, 0.2) is 46.5 Å². The largest absolute Gasteiger partial charge is 0.511 e. The number of allylic oxidation sites excluding steroid dienone is 6. The normalized spacial score (nSPS) is 25.4. The van der Waals surface area contributed by atoms with Gasteiger partial charge in [0.2, 0.25) is 0 Å². The molecule has 12 nitrogen and oxygen atoms in total. The maximum Gasteiger partial charge on any atom is 0.336 e. The number of aliphatic carboxylic acids is 3. The van der Waals surface area contributed by atoms with Crippen LogP contribution in [0.25, 0.3) is 0 Å². The quantitative estimate of drug-likeness (QED) is 0.120. The molecular weight excluding hydrogens is 576 g/mol. The van der Waals surface area contributed by atoms with Gasteiger partial charge in [0, 0.05) is 11.5 Å². The second kappa shape index (κ2) is 14.3. The van der Waals surface area contributed by atoms with E-state index >= 15 is 0 Å². The number of rotatable bonds is 12. The molecule has 0 aromatic carbocycles. The molecule has 0 aromatic rings. The minimum absolute atomic E-state index is 0.0222. The summed E-state index contributed by atoms with van der Waals surface area (Å²) in [5.41, 5.74) is -3.22. The lowest BCUT2D eigenvalue weighted by Gasteiger charge is -2.37. The van der Waals surface area contributed by atoms with Gasteiger partial charge in [0.05, 0.1) is 23.9 Å². The van der Waals surface area contributed by atoms with Crippen LogP contribution in [0.3, 0.4) is 0 Å². The highest BCUT2D eigenvalue weighted by molar-refractivity contribution is 6.24. The van der Waals surface area contributed by atoms with Crippen LogP contribution in [0.2, 0.25) is 0 Å². The molecule has 2 aliphatic rings. The van der Waals surface area contributed by atoms with Gasteiger partial charge in [0.1, 0.15) is 17.1 Å². The fourth-order valence-electron chi connectivity index (χ4n) is 5.55. The van der Waals surface area contributed by atoms with E-state index in [0.29, 0.717) is 6.42 Å². The minimum atomic E-state index is -2.74. The van der Waals surface area contributed by atoms with E-state index in [1.807, 2.05) is 26.8 Å². The minimum Gasteiger partial charge on any atom is -0.511 e. The van der Waals surface area contributed by atoms with Crippen LogP contribution >= 0.6 is 0 Å². The van der Waals surface area contributed by atoms with Crippen LogP contribution < -0.4 is 0 Å². The summed E-state index contributed by atoms with van der Waals surface area (Å²) in [4.78, 5) is 56.8. The summed E-state index contributed by atoms with van der Waals surface area (Å²) in [6.45, 7) is 16.5. The molecule has 0 heterocycles. The molecular formula is C32H46O12.